The molecule has 0 heterocycles. The van der Waals surface area contributed by atoms with Crippen LogP contribution >= 0.6 is 0 Å². The molecular formula is C22H20O. The molecule has 3 aromatic carbocycles. The minimum Gasteiger partial charge on any atom is -0.295 e. The summed E-state index contributed by atoms with van der Waals surface area (Å²) in [5.74, 6) is 0.480. The number of hydrogen-bond acceptors (Lipinski definition) is 1. The van der Waals surface area contributed by atoms with Crippen LogP contribution in [0.3, 0.4) is 0 Å². The molecule has 1 heteroatoms. The predicted octanol–water partition coefficient (Wildman–Crippen LogP) is 5.71. The number of benzene rings is 3. The second-order valence-electron chi connectivity index (χ2n) is 5.89. The topological polar surface area (TPSA) is 17.1 Å². The molecule has 23 heavy (non-hydrogen) atoms. The van der Waals surface area contributed by atoms with Crippen LogP contribution in [-0.2, 0) is 0 Å². The Kier molecular flexibility index (Phi) is 4.38. The molecule has 0 aliphatic rings. The normalized spacial score (nSPS) is 11.9. The van der Waals surface area contributed by atoms with Crippen molar-refractivity contribution in [2.24, 2.45) is 0 Å². The summed E-state index contributed by atoms with van der Waals surface area (Å²) in [4.78, 5) is 11.3. The van der Waals surface area contributed by atoms with Crippen LogP contribution in [0.15, 0.2) is 78.9 Å². The molecule has 3 rings (SSSR count). The first-order valence-electron chi connectivity index (χ1n) is 7.91. The molecule has 0 amide bonds. The van der Waals surface area contributed by atoms with Gasteiger partial charge in [-0.3, -0.25) is 4.79 Å². The van der Waals surface area contributed by atoms with Crippen LogP contribution in [0.5, 0.6) is 0 Å². The average molecular weight is 300 g/mol. The van der Waals surface area contributed by atoms with Crippen molar-refractivity contribution < 1.29 is 4.79 Å². The Hall–Kier alpha value is -2.67. The summed E-state index contributed by atoms with van der Waals surface area (Å²) in [6.07, 6.45) is 0. The largest absolute Gasteiger partial charge is 0.295 e. The van der Waals surface area contributed by atoms with E-state index in [9.17, 15) is 4.79 Å². The third kappa shape index (κ3) is 3.40. The van der Waals surface area contributed by atoms with Gasteiger partial charge in [0.15, 0.2) is 5.78 Å². The number of carbonyl (C=O) groups excluding carboxylic acids is 1. The van der Waals surface area contributed by atoms with Crippen LogP contribution in [0, 0.1) is 0 Å². The van der Waals surface area contributed by atoms with E-state index in [0.717, 1.165) is 11.1 Å². The van der Waals surface area contributed by atoms with Crippen LogP contribution in [0.1, 0.15) is 41.3 Å². The monoisotopic (exact) mass is 300 g/mol. The van der Waals surface area contributed by atoms with Crippen LogP contribution in [-0.4, -0.2) is 5.78 Å². The summed E-state index contributed by atoms with van der Waals surface area (Å²) in [5.41, 5.74) is 5.69. The molecule has 0 radical (unpaired) electrons. The van der Waals surface area contributed by atoms with E-state index in [4.69, 9.17) is 0 Å². The maximum atomic E-state index is 11.3. The molecule has 1 atom stereocenters. The lowest BCUT2D eigenvalue weighted by Crippen LogP contribution is -1.95. The van der Waals surface area contributed by atoms with Gasteiger partial charge in [0.1, 0.15) is 0 Å². The van der Waals surface area contributed by atoms with Crippen molar-refractivity contribution >= 4 is 5.78 Å². The van der Waals surface area contributed by atoms with Gasteiger partial charge in [-0.2, -0.15) is 0 Å². The lowest BCUT2D eigenvalue weighted by atomic mass is 9.92. The Labute approximate surface area is 137 Å². The molecule has 0 N–H and O–H groups in total. The highest BCUT2D eigenvalue weighted by Crippen LogP contribution is 2.27. The molecule has 114 valence electrons. The number of carbonyl (C=O) groups is 1. The van der Waals surface area contributed by atoms with E-state index in [1.807, 2.05) is 30.3 Å². The molecule has 0 spiro atoms. The molecule has 0 aromatic heterocycles. The zero-order valence-electron chi connectivity index (χ0n) is 13.5. The highest BCUT2D eigenvalue weighted by Gasteiger charge is 2.08. The first kappa shape index (κ1) is 15.2. The van der Waals surface area contributed by atoms with E-state index in [1.54, 1.807) is 6.92 Å². The van der Waals surface area contributed by atoms with Crippen LogP contribution in [0.25, 0.3) is 11.1 Å². The number of hydrogen-bond donors (Lipinski definition) is 0. The summed E-state index contributed by atoms with van der Waals surface area (Å²) in [6.45, 7) is 3.82. The fraction of sp³-hybridized carbons (Fsp3) is 0.136. The van der Waals surface area contributed by atoms with Gasteiger partial charge in [-0.1, -0.05) is 85.8 Å². The maximum Gasteiger partial charge on any atom is 0.159 e. The molecule has 0 saturated carbocycles. The third-order valence-electron chi connectivity index (χ3n) is 4.34. The number of Topliss-reactive ketones (excluding diaryl/α,β-unsaturated/α-hetero) is 1. The zero-order chi connectivity index (χ0) is 16.2. The fourth-order valence-corrected chi connectivity index (χ4v) is 2.80. The lowest BCUT2D eigenvalue weighted by molar-refractivity contribution is 0.101. The first-order chi connectivity index (χ1) is 11.1. The fourth-order valence-electron chi connectivity index (χ4n) is 2.80. The van der Waals surface area contributed by atoms with Gasteiger partial charge in [-0.25, -0.2) is 0 Å². The molecule has 0 saturated heterocycles. The molecular weight excluding hydrogens is 280 g/mol. The molecule has 3 aromatic rings. The van der Waals surface area contributed by atoms with E-state index in [2.05, 4.69) is 55.5 Å². The van der Waals surface area contributed by atoms with Crippen molar-refractivity contribution in [3.63, 3.8) is 0 Å². The van der Waals surface area contributed by atoms with Gasteiger partial charge in [0.25, 0.3) is 0 Å². The van der Waals surface area contributed by atoms with Crippen molar-refractivity contribution in [1.82, 2.24) is 0 Å². The Morgan fingerprint density at radius 3 is 1.70 bits per heavy atom. The summed E-state index contributed by atoms with van der Waals surface area (Å²) in [7, 11) is 0. The quantitative estimate of drug-likeness (QED) is 0.564. The third-order valence-corrected chi connectivity index (χ3v) is 4.34. The summed E-state index contributed by atoms with van der Waals surface area (Å²) < 4.78 is 0. The smallest absolute Gasteiger partial charge is 0.159 e. The van der Waals surface area contributed by atoms with Crippen molar-refractivity contribution in [1.29, 1.82) is 0 Å². The van der Waals surface area contributed by atoms with Gasteiger partial charge in [-0.15, -0.1) is 0 Å². The predicted molar refractivity (Wildman–Crippen MR) is 95.8 cm³/mol. The molecule has 0 fully saturated rings. The lowest BCUT2D eigenvalue weighted by Gasteiger charge is -2.13. The molecule has 0 aliphatic carbocycles. The van der Waals surface area contributed by atoms with Gasteiger partial charge < -0.3 is 0 Å². The van der Waals surface area contributed by atoms with E-state index in [-0.39, 0.29) is 5.78 Å². The van der Waals surface area contributed by atoms with Crippen molar-refractivity contribution in [3.05, 3.63) is 95.6 Å². The van der Waals surface area contributed by atoms with Crippen LogP contribution in [0.4, 0.5) is 0 Å². The number of rotatable bonds is 4. The summed E-state index contributed by atoms with van der Waals surface area (Å²) in [6, 6.07) is 27.0. The Morgan fingerprint density at radius 1 is 0.696 bits per heavy atom. The molecule has 0 aliphatic heterocycles. The van der Waals surface area contributed by atoms with Gasteiger partial charge in [0.2, 0.25) is 0 Å². The van der Waals surface area contributed by atoms with Crippen molar-refractivity contribution in [2.75, 3.05) is 0 Å². The van der Waals surface area contributed by atoms with E-state index in [0.29, 0.717) is 5.92 Å². The van der Waals surface area contributed by atoms with Crippen LogP contribution < -0.4 is 0 Å². The number of ketones is 1. The summed E-state index contributed by atoms with van der Waals surface area (Å²) in [5, 5.41) is 0. The van der Waals surface area contributed by atoms with Gasteiger partial charge in [-0.05, 0) is 29.2 Å². The zero-order valence-corrected chi connectivity index (χ0v) is 13.5. The van der Waals surface area contributed by atoms with Crippen molar-refractivity contribution in [2.45, 2.75) is 19.8 Å². The highest BCUT2D eigenvalue weighted by molar-refractivity contribution is 5.94. The van der Waals surface area contributed by atoms with Crippen LogP contribution in [0.2, 0.25) is 0 Å². The van der Waals surface area contributed by atoms with Gasteiger partial charge in [0.05, 0.1) is 0 Å². The Morgan fingerprint density at radius 2 is 1.17 bits per heavy atom. The Bertz CT molecular complexity index is 784. The minimum atomic E-state index is 0.101. The van der Waals surface area contributed by atoms with E-state index >= 15 is 0 Å². The van der Waals surface area contributed by atoms with Gasteiger partial charge >= 0.3 is 0 Å². The molecule has 1 unspecified atom stereocenters. The average Bonchev–Trinajstić information content (AvgIpc) is 2.62. The molecule has 1 nitrogen and oxygen atoms in total. The van der Waals surface area contributed by atoms with E-state index < -0.39 is 0 Å². The van der Waals surface area contributed by atoms with E-state index in [1.165, 1.54) is 16.7 Å². The second-order valence-corrected chi connectivity index (χ2v) is 5.89. The SMILES string of the molecule is CC(=O)c1ccc(-c2ccc(C(C)c3ccccc3)cc2)cc1. The first-order valence-corrected chi connectivity index (χ1v) is 7.91. The van der Waals surface area contributed by atoms with Crippen molar-refractivity contribution in [3.8, 4) is 11.1 Å². The minimum absolute atomic E-state index is 0.101. The molecule has 0 bridgehead atoms. The second kappa shape index (κ2) is 6.62. The van der Waals surface area contributed by atoms with Gasteiger partial charge in [0, 0.05) is 11.5 Å². The standard InChI is InChI=1S/C22H20O/c1-16(18-6-4-3-5-7-18)19-8-12-21(13-9-19)22-14-10-20(11-15-22)17(2)23/h3-16H,1-2H3. The maximum absolute atomic E-state index is 11.3. The summed E-state index contributed by atoms with van der Waals surface area (Å²) >= 11 is 0. The Balaban J connectivity index is 1.83. The highest BCUT2D eigenvalue weighted by atomic mass is 16.1.